The van der Waals surface area contributed by atoms with Crippen LogP contribution in [0.15, 0.2) is 267 Å². The molecule has 3 nitrogen and oxygen atoms in total. The van der Waals surface area contributed by atoms with Crippen LogP contribution in [0.1, 0.15) is 5.56 Å². The quantitative estimate of drug-likeness (QED) is 0.156. The van der Waals surface area contributed by atoms with Gasteiger partial charge >= 0.3 is 0 Å². The lowest BCUT2D eigenvalue weighted by molar-refractivity contribution is 1.18. The van der Waals surface area contributed by atoms with Gasteiger partial charge in [0, 0.05) is 46.3 Å². The van der Waals surface area contributed by atoms with Gasteiger partial charge in [0.1, 0.15) is 0 Å². The molecule has 0 radical (unpaired) electrons. The SMILES string of the molecule is CNc1ccccc1C.c1ccc(-c2ccc(N(c3ccccc3)c3ccc(-c4ccc(-c5ccc(-c6ccc7c(c6)c6ccccc6n7-c6ccccc6)c6ccccc56)cc4)cc3)cc2)cc1. The molecule has 0 fully saturated rings. The van der Waals surface area contributed by atoms with Crippen LogP contribution >= 0.6 is 0 Å². The summed E-state index contributed by atoms with van der Waals surface area (Å²) in [4.78, 5) is 2.32. The summed E-state index contributed by atoms with van der Waals surface area (Å²) >= 11 is 0. The van der Waals surface area contributed by atoms with E-state index < -0.39 is 0 Å². The normalized spacial score (nSPS) is 11.0. The molecule has 1 N–H and O–H groups in total. The van der Waals surface area contributed by atoms with Crippen LogP contribution < -0.4 is 10.2 Å². The summed E-state index contributed by atoms with van der Waals surface area (Å²) < 4.78 is 2.37. The molecule has 3 heteroatoms. The van der Waals surface area contributed by atoms with E-state index in [2.05, 4.69) is 276 Å². The Labute approximate surface area is 404 Å². The van der Waals surface area contributed by atoms with Gasteiger partial charge in [0.05, 0.1) is 11.0 Å². The smallest absolute Gasteiger partial charge is 0.0541 e. The van der Waals surface area contributed by atoms with Gasteiger partial charge in [-0.3, -0.25) is 0 Å². The number of para-hydroxylation sites is 4. The average Bonchev–Trinajstić information content (AvgIpc) is 3.76. The van der Waals surface area contributed by atoms with Crippen molar-refractivity contribution in [1.29, 1.82) is 0 Å². The lowest BCUT2D eigenvalue weighted by atomic mass is 9.91. The van der Waals surface area contributed by atoms with Gasteiger partial charge < -0.3 is 14.8 Å². The van der Waals surface area contributed by atoms with Crippen LogP contribution in [0.4, 0.5) is 22.7 Å². The summed E-state index contributed by atoms with van der Waals surface area (Å²) in [5.74, 6) is 0. The van der Waals surface area contributed by atoms with Crippen LogP contribution in [0.2, 0.25) is 0 Å². The molecule has 69 heavy (non-hydrogen) atoms. The number of anilines is 4. The molecule has 0 aliphatic carbocycles. The zero-order valence-corrected chi connectivity index (χ0v) is 38.8. The minimum atomic E-state index is 1.11. The van der Waals surface area contributed by atoms with E-state index in [0.717, 1.165) is 17.1 Å². The first kappa shape index (κ1) is 42.7. The van der Waals surface area contributed by atoms with Crippen molar-refractivity contribution in [2.24, 2.45) is 0 Å². The Hall–Kier alpha value is -8.92. The van der Waals surface area contributed by atoms with E-state index in [-0.39, 0.29) is 0 Å². The maximum Gasteiger partial charge on any atom is 0.0541 e. The highest BCUT2D eigenvalue weighted by atomic mass is 15.1. The zero-order valence-electron chi connectivity index (χ0n) is 38.8. The molecule has 0 aliphatic rings. The lowest BCUT2D eigenvalue weighted by Gasteiger charge is -2.26. The monoisotopic (exact) mass is 885 g/mol. The molecule has 0 unspecified atom stereocenters. The van der Waals surface area contributed by atoms with Crippen molar-refractivity contribution in [2.75, 3.05) is 17.3 Å². The molecule has 0 bridgehead atoms. The number of aryl methyl sites for hydroxylation is 1. The molecule has 12 aromatic rings. The zero-order chi connectivity index (χ0) is 46.5. The summed E-state index contributed by atoms with van der Waals surface area (Å²) in [5.41, 5.74) is 19.1. The van der Waals surface area contributed by atoms with Crippen molar-refractivity contribution in [3.63, 3.8) is 0 Å². The second-order valence-electron chi connectivity index (χ2n) is 17.4. The molecule has 0 atom stereocenters. The second-order valence-corrected chi connectivity index (χ2v) is 17.4. The molecule has 0 aliphatic heterocycles. The van der Waals surface area contributed by atoms with E-state index in [0.29, 0.717) is 0 Å². The van der Waals surface area contributed by atoms with Crippen LogP contribution in [0.25, 0.3) is 82.8 Å². The summed E-state index contributed by atoms with van der Waals surface area (Å²) in [6.45, 7) is 2.09. The van der Waals surface area contributed by atoms with Crippen LogP contribution in [0.3, 0.4) is 0 Å². The summed E-state index contributed by atoms with van der Waals surface area (Å²) in [5, 5.41) is 8.11. The number of hydrogen-bond donors (Lipinski definition) is 1. The third-order valence-electron chi connectivity index (χ3n) is 13.2. The Morgan fingerprint density at radius 2 is 0.739 bits per heavy atom. The van der Waals surface area contributed by atoms with Crippen molar-refractivity contribution >= 4 is 55.3 Å². The molecule has 0 saturated heterocycles. The van der Waals surface area contributed by atoms with Gasteiger partial charge in [-0.2, -0.15) is 0 Å². The highest BCUT2D eigenvalue weighted by Crippen LogP contribution is 2.41. The first-order valence-corrected chi connectivity index (χ1v) is 23.7. The number of fused-ring (bicyclic) bond motifs is 4. The van der Waals surface area contributed by atoms with Crippen molar-refractivity contribution < 1.29 is 0 Å². The van der Waals surface area contributed by atoms with E-state index in [9.17, 15) is 0 Å². The predicted molar refractivity (Wildman–Crippen MR) is 295 cm³/mol. The maximum atomic E-state index is 3.10. The maximum absolute atomic E-state index is 3.10. The van der Waals surface area contributed by atoms with Gasteiger partial charge in [0.2, 0.25) is 0 Å². The Morgan fingerprint density at radius 1 is 0.319 bits per heavy atom. The van der Waals surface area contributed by atoms with E-state index in [1.807, 2.05) is 19.2 Å². The molecule has 11 aromatic carbocycles. The summed E-state index contributed by atoms with van der Waals surface area (Å²) in [7, 11) is 1.93. The van der Waals surface area contributed by atoms with Crippen molar-refractivity contribution in [1.82, 2.24) is 4.57 Å². The van der Waals surface area contributed by atoms with Crippen molar-refractivity contribution in [3.05, 3.63) is 272 Å². The van der Waals surface area contributed by atoms with E-state index >= 15 is 0 Å². The Kier molecular flexibility index (Phi) is 11.8. The number of rotatable bonds is 9. The summed E-state index contributed by atoms with van der Waals surface area (Å²) in [6, 6.07) is 95.9. The fourth-order valence-corrected chi connectivity index (χ4v) is 9.75. The van der Waals surface area contributed by atoms with E-state index in [1.165, 1.54) is 94.0 Å². The van der Waals surface area contributed by atoms with Crippen molar-refractivity contribution in [2.45, 2.75) is 6.92 Å². The molecule has 330 valence electrons. The van der Waals surface area contributed by atoms with Crippen LogP contribution in [0.5, 0.6) is 0 Å². The molecular weight excluding hydrogens is 835 g/mol. The van der Waals surface area contributed by atoms with Crippen LogP contribution in [-0.2, 0) is 0 Å². The van der Waals surface area contributed by atoms with E-state index in [4.69, 9.17) is 0 Å². The molecule has 12 rings (SSSR count). The third-order valence-corrected chi connectivity index (χ3v) is 13.2. The van der Waals surface area contributed by atoms with Crippen LogP contribution in [-0.4, -0.2) is 11.6 Å². The van der Waals surface area contributed by atoms with E-state index in [1.54, 1.807) is 0 Å². The first-order valence-electron chi connectivity index (χ1n) is 23.7. The lowest BCUT2D eigenvalue weighted by Crippen LogP contribution is -2.09. The highest BCUT2D eigenvalue weighted by Gasteiger charge is 2.16. The molecular formula is C66H51N3. The first-order chi connectivity index (χ1) is 34.1. The molecule has 0 amide bonds. The van der Waals surface area contributed by atoms with Crippen molar-refractivity contribution in [3.8, 4) is 50.2 Å². The van der Waals surface area contributed by atoms with Gasteiger partial charge in [-0.1, -0.05) is 194 Å². The van der Waals surface area contributed by atoms with Gasteiger partial charge in [0.15, 0.2) is 0 Å². The molecule has 0 saturated carbocycles. The second kappa shape index (κ2) is 19.1. The number of nitrogens with one attached hydrogen (secondary N) is 1. The van der Waals surface area contributed by atoms with Gasteiger partial charge in [-0.25, -0.2) is 0 Å². The highest BCUT2D eigenvalue weighted by molar-refractivity contribution is 6.12. The fourth-order valence-electron chi connectivity index (χ4n) is 9.75. The Morgan fingerprint density at radius 3 is 1.32 bits per heavy atom. The third kappa shape index (κ3) is 8.55. The van der Waals surface area contributed by atoms with Gasteiger partial charge in [0.25, 0.3) is 0 Å². The van der Waals surface area contributed by atoms with Crippen LogP contribution in [0, 0.1) is 6.92 Å². The average molecular weight is 886 g/mol. The fraction of sp³-hybridized carbons (Fsp3) is 0.0303. The molecule has 1 heterocycles. The molecule has 1 aromatic heterocycles. The van der Waals surface area contributed by atoms with Gasteiger partial charge in [-0.15, -0.1) is 0 Å². The van der Waals surface area contributed by atoms with Gasteiger partial charge in [-0.05, 0) is 141 Å². The number of benzene rings is 11. The molecule has 0 spiro atoms. The Balaban J connectivity index is 0.000000522. The summed E-state index contributed by atoms with van der Waals surface area (Å²) in [6.07, 6.45) is 0. The minimum absolute atomic E-state index is 1.11. The number of nitrogens with zero attached hydrogens (tertiary/aromatic N) is 2. The number of hydrogen-bond acceptors (Lipinski definition) is 2. The minimum Gasteiger partial charge on any atom is -0.388 e. The standard InChI is InChI=1S/C58H40N2.C8H11N/c1-4-14-41(15-5-1)43-28-33-49(34-29-43)59(47-16-6-2-7-17-47)50-35-30-44(31-36-50)42-24-26-45(27-25-42)51-37-38-52(54-21-11-10-20-53(51)54)46-32-39-58-56(40-46)55-22-12-13-23-57(55)60(58)48-18-8-3-9-19-48;1-7-5-3-4-6-8(7)9-2/h1-40H;3-6,9H,1-2H3. The topological polar surface area (TPSA) is 20.2 Å². The number of aromatic nitrogens is 1. The largest absolute Gasteiger partial charge is 0.388 e. The Bertz CT molecular complexity index is 3670. The predicted octanol–water partition coefficient (Wildman–Crippen LogP) is 18.1.